The van der Waals surface area contributed by atoms with E-state index in [9.17, 15) is 9.59 Å². The van der Waals surface area contributed by atoms with Gasteiger partial charge in [-0.2, -0.15) is 0 Å². The van der Waals surface area contributed by atoms with Crippen LogP contribution in [0.2, 0.25) is 11.1 Å². The molecule has 100 valence electrons. The van der Waals surface area contributed by atoms with Crippen molar-refractivity contribution in [2.45, 2.75) is 50.0 Å². The molecule has 0 aliphatic carbocycles. The first-order valence-corrected chi connectivity index (χ1v) is 8.29. The fourth-order valence-electron chi connectivity index (χ4n) is 1.08. The van der Waals surface area contributed by atoms with Crippen LogP contribution in [-0.2, 0) is 14.3 Å². The zero-order chi connectivity index (χ0) is 13.5. The summed E-state index contributed by atoms with van der Waals surface area (Å²) in [5, 5.41) is 3.44. The van der Waals surface area contributed by atoms with Gasteiger partial charge in [0.2, 0.25) is 0 Å². The number of hydrogen-bond donors (Lipinski definition) is 1. The van der Waals surface area contributed by atoms with Crippen LogP contribution in [0.15, 0.2) is 0 Å². The van der Waals surface area contributed by atoms with Gasteiger partial charge in [-0.25, -0.2) is 0 Å². The van der Waals surface area contributed by atoms with Crippen molar-refractivity contribution in [3.05, 3.63) is 0 Å². The summed E-state index contributed by atoms with van der Waals surface area (Å²) in [7, 11) is 1.31. The number of methoxy groups -OCH3 is 1. The van der Waals surface area contributed by atoms with E-state index in [0.717, 1.165) is 5.32 Å². The molecule has 5 nitrogen and oxygen atoms in total. The summed E-state index contributed by atoms with van der Waals surface area (Å²) in [6.07, 6.45) is -0.000841. The van der Waals surface area contributed by atoms with Crippen molar-refractivity contribution in [1.29, 1.82) is 0 Å². The van der Waals surface area contributed by atoms with E-state index in [-0.39, 0.29) is 0 Å². The second-order valence-corrected chi connectivity index (χ2v) is 6.57. The second-order valence-electron chi connectivity index (χ2n) is 4.50. The molecule has 0 saturated heterocycles. The molecule has 0 unspecified atom stereocenters. The molecule has 0 aromatic rings. The van der Waals surface area contributed by atoms with E-state index in [1.807, 2.05) is 0 Å². The van der Waals surface area contributed by atoms with Crippen molar-refractivity contribution in [1.82, 2.24) is 5.32 Å². The van der Waals surface area contributed by atoms with Crippen molar-refractivity contribution < 1.29 is 19.1 Å². The molecular weight excluding hydrogens is 289 g/mol. The first-order valence-electron chi connectivity index (χ1n) is 5.36. The molecule has 0 saturated carbocycles. The van der Waals surface area contributed by atoms with Crippen LogP contribution in [0.4, 0.5) is 4.79 Å². The van der Waals surface area contributed by atoms with Crippen LogP contribution in [-0.4, -0.2) is 45.8 Å². The number of nitrogens with one attached hydrogen (secondary N) is 1. The van der Waals surface area contributed by atoms with Crippen LogP contribution in [0, 0.1) is 0 Å². The predicted molar refractivity (Wildman–Crippen MR) is 66.2 cm³/mol. The Kier molecular flexibility index (Phi) is 7.23. The van der Waals surface area contributed by atoms with Gasteiger partial charge in [0, 0.05) is 0 Å². The van der Waals surface area contributed by atoms with E-state index in [1.165, 1.54) is 7.11 Å². The summed E-state index contributed by atoms with van der Waals surface area (Å²) < 4.78 is 9.73. The number of rotatable bonds is 5. The number of ether oxygens (including phenoxy) is 2. The maximum atomic E-state index is 11.5. The summed E-state index contributed by atoms with van der Waals surface area (Å²) in [5.74, 6) is 1.65. The minimum absolute atomic E-state index is 0.430. The van der Waals surface area contributed by atoms with Crippen LogP contribution >= 0.6 is 0 Å². The Hall–Kier alpha value is -0.741. The Bertz CT molecular complexity index is 263. The van der Waals surface area contributed by atoms with Gasteiger partial charge in [-0.15, -0.1) is 0 Å². The fourth-order valence-corrected chi connectivity index (χ4v) is 2.07. The Morgan fingerprint density at radius 3 is 2.35 bits per heavy atom. The van der Waals surface area contributed by atoms with Crippen LogP contribution in [0.1, 0.15) is 27.2 Å². The van der Waals surface area contributed by atoms with Gasteiger partial charge in [-0.1, -0.05) is 0 Å². The van der Waals surface area contributed by atoms with Crippen LogP contribution < -0.4 is 5.32 Å². The Morgan fingerprint density at radius 1 is 1.35 bits per heavy atom. The number of amides is 1. The average molecular weight is 310 g/mol. The number of carbonyl (C=O) groups is 2. The van der Waals surface area contributed by atoms with Crippen molar-refractivity contribution >= 4 is 27.0 Å². The van der Waals surface area contributed by atoms with Crippen molar-refractivity contribution in [2.24, 2.45) is 0 Å². The van der Waals surface area contributed by atoms with Crippen LogP contribution in [0.3, 0.4) is 0 Å². The molecule has 0 spiro atoms. The first-order chi connectivity index (χ1) is 7.80. The zero-order valence-corrected chi connectivity index (χ0v) is 12.7. The number of hydrogen-bond acceptors (Lipinski definition) is 4. The third-order valence-corrected chi connectivity index (χ3v) is 3.14. The van der Waals surface area contributed by atoms with E-state index >= 15 is 0 Å². The molecule has 0 aliphatic rings. The van der Waals surface area contributed by atoms with Gasteiger partial charge in [-0.3, -0.25) is 0 Å². The monoisotopic (exact) mass is 311 g/mol. The third-order valence-electron chi connectivity index (χ3n) is 1.79. The average Bonchev–Trinajstić information content (AvgIpc) is 2.20. The van der Waals surface area contributed by atoms with E-state index < -0.39 is 23.7 Å². The molecule has 17 heavy (non-hydrogen) atoms. The quantitative estimate of drug-likeness (QED) is 0.619. The second kappa shape index (κ2) is 7.56. The standard InChI is InChI=1S/C11H21NO4Se/c1-11(2,3)16-10(14)12-8(6-7-17-5)9(13)15-4/h8H,6-7H2,1-5H3,(H,12,14)/t8-/m0/s1. The molecule has 0 rings (SSSR count). The molecule has 1 N–H and O–H groups in total. The summed E-state index contributed by atoms with van der Waals surface area (Å²) >= 11 is 0.460. The first kappa shape index (κ1) is 16.3. The zero-order valence-electron chi connectivity index (χ0n) is 11.0. The van der Waals surface area contributed by atoms with Gasteiger partial charge in [0.15, 0.2) is 0 Å². The van der Waals surface area contributed by atoms with Gasteiger partial charge in [0.1, 0.15) is 0 Å². The van der Waals surface area contributed by atoms with Crippen LogP contribution in [0.25, 0.3) is 0 Å². The van der Waals surface area contributed by atoms with Crippen molar-refractivity contribution in [3.63, 3.8) is 0 Å². The Morgan fingerprint density at radius 2 is 1.94 bits per heavy atom. The van der Waals surface area contributed by atoms with Crippen molar-refractivity contribution in [2.75, 3.05) is 7.11 Å². The molecule has 6 heteroatoms. The Labute approximate surface area is 109 Å². The molecular formula is C11H21NO4Se. The summed E-state index contributed by atoms with van der Waals surface area (Å²) in [4.78, 5) is 23.0. The molecule has 1 amide bonds. The molecule has 0 aliphatic heterocycles. The van der Waals surface area contributed by atoms with Gasteiger partial charge in [0.25, 0.3) is 0 Å². The summed E-state index contributed by atoms with van der Waals surface area (Å²) in [6, 6.07) is -0.614. The topological polar surface area (TPSA) is 64.6 Å². The molecule has 0 heterocycles. The maximum absolute atomic E-state index is 11.5. The molecule has 0 aromatic carbocycles. The van der Waals surface area contributed by atoms with Gasteiger partial charge >= 0.3 is 108 Å². The van der Waals surface area contributed by atoms with E-state index in [4.69, 9.17) is 4.74 Å². The number of carbonyl (C=O) groups excluding carboxylic acids is 2. The number of alkyl carbamates (subject to hydrolysis) is 1. The van der Waals surface area contributed by atoms with E-state index in [1.54, 1.807) is 20.8 Å². The van der Waals surface area contributed by atoms with Crippen LogP contribution in [0.5, 0.6) is 0 Å². The molecule has 0 fully saturated rings. The number of esters is 1. The molecule has 1 atom stereocenters. The van der Waals surface area contributed by atoms with Crippen molar-refractivity contribution in [3.8, 4) is 0 Å². The van der Waals surface area contributed by atoms with Gasteiger partial charge in [-0.05, 0) is 0 Å². The molecule has 0 aromatic heterocycles. The SMILES string of the molecule is COC(=O)[C@H](CC[Se]C)NC(=O)OC(C)(C)C. The fraction of sp³-hybridized carbons (Fsp3) is 0.818. The van der Waals surface area contributed by atoms with Gasteiger partial charge in [0.05, 0.1) is 0 Å². The Balaban J connectivity index is 4.32. The molecule has 0 radical (unpaired) electrons. The van der Waals surface area contributed by atoms with E-state index in [2.05, 4.69) is 15.9 Å². The summed E-state index contributed by atoms with van der Waals surface area (Å²) in [5.41, 5.74) is -0.570. The van der Waals surface area contributed by atoms with E-state index in [0.29, 0.717) is 21.4 Å². The normalized spacial score (nSPS) is 12.8. The third kappa shape index (κ3) is 8.05. The minimum atomic E-state index is -0.614. The molecule has 0 bridgehead atoms. The predicted octanol–water partition coefficient (Wildman–Crippen LogP) is 1.61. The van der Waals surface area contributed by atoms with Gasteiger partial charge < -0.3 is 0 Å². The summed E-state index contributed by atoms with van der Waals surface area (Å²) in [6.45, 7) is 5.32.